The van der Waals surface area contributed by atoms with E-state index in [-0.39, 0.29) is 5.69 Å². The monoisotopic (exact) mass is 464 g/mol. The number of aromatic nitrogens is 2. The van der Waals surface area contributed by atoms with Crippen molar-refractivity contribution in [2.75, 3.05) is 10.6 Å². The quantitative estimate of drug-likeness (QED) is 0.354. The molecule has 1 unspecified atom stereocenters. The van der Waals surface area contributed by atoms with Gasteiger partial charge in [0.1, 0.15) is 0 Å². The average molecular weight is 465 g/mol. The Labute approximate surface area is 193 Å². The molecule has 7 nitrogen and oxygen atoms in total. The lowest BCUT2D eigenvalue weighted by Crippen LogP contribution is -2.30. The van der Waals surface area contributed by atoms with Gasteiger partial charge in [0.05, 0.1) is 5.69 Å². The maximum absolute atomic E-state index is 12.4. The van der Waals surface area contributed by atoms with Crippen molar-refractivity contribution < 1.29 is 14.3 Å². The summed E-state index contributed by atoms with van der Waals surface area (Å²) in [4.78, 5) is 33.5. The molecule has 0 aliphatic carbocycles. The number of thiazole rings is 2. The molecule has 32 heavy (non-hydrogen) atoms. The molecule has 2 heterocycles. The molecular weight excluding hydrogens is 444 g/mol. The summed E-state index contributed by atoms with van der Waals surface area (Å²) in [5.74, 6) is -1.11. The van der Waals surface area contributed by atoms with Gasteiger partial charge in [-0.1, -0.05) is 60.7 Å². The fraction of sp³-hybridized carbons (Fsp3) is 0.130. The third kappa shape index (κ3) is 5.57. The minimum atomic E-state index is -0.992. The SMILES string of the molecule is CC(OC(=O)c1csc(NCc2ccccc2)n1)C(=O)Nc1nc(-c2ccccc2)cs1. The molecule has 0 spiro atoms. The van der Waals surface area contributed by atoms with Gasteiger partial charge in [-0.05, 0) is 12.5 Å². The Hall–Kier alpha value is -3.56. The van der Waals surface area contributed by atoms with Gasteiger partial charge in [0.2, 0.25) is 0 Å². The molecule has 162 valence electrons. The molecule has 0 fully saturated rings. The summed E-state index contributed by atoms with van der Waals surface area (Å²) in [7, 11) is 0. The molecule has 2 N–H and O–H groups in total. The first-order valence-electron chi connectivity index (χ1n) is 9.84. The summed E-state index contributed by atoms with van der Waals surface area (Å²) in [6.07, 6.45) is -0.992. The average Bonchev–Trinajstić information content (AvgIpc) is 3.49. The van der Waals surface area contributed by atoms with Crippen molar-refractivity contribution in [3.05, 3.63) is 82.7 Å². The first-order valence-corrected chi connectivity index (χ1v) is 11.6. The molecular formula is C23H20N4O3S2. The Kier molecular flexibility index (Phi) is 6.88. The van der Waals surface area contributed by atoms with E-state index in [9.17, 15) is 9.59 Å². The zero-order chi connectivity index (χ0) is 22.3. The van der Waals surface area contributed by atoms with Crippen LogP contribution in [0.15, 0.2) is 71.4 Å². The molecule has 0 aliphatic heterocycles. The normalized spacial score (nSPS) is 11.5. The smallest absolute Gasteiger partial charge is 0.358 e. The Morgan fingerprint density at radius 2 is 1.62 bits per heavy atom. The molecule has 0 bridgehead atoms. The molecule has 0 saturated heterocycles. The highest BCUT2D eigenvalue weighted by atomic mass is 32.1. The number of amides is 1. The Morgan fingerprint density at radius 3 is 2.38 bits per heavy atom. The number of carbonyl (C=O) groups is 2. The standard InChI is InChI=1S/C23H20N4O3S2/c1-15(20(28)27-23-25-18(13-32-23)17-10-6-3-7-11-17)30-21(29)19-14-31-22(26-19)24-12-16-8-4-2-5-9-16/h2-11,13-15H,12H2,1H3,(H,24,26)(H,25,27,28). The fourth-order valence-corrected chi connectivity index (χ4v) is 4.18. The van der Waals surface area contributed by atoms with Gasteiger partial charge >= 0.3 is 5.97 Å². The van der Waals surface area contributed by atoms with Gasteiger partial charge in [0, 0.05) is 22.9 Å². The van der Waals surface area contributed by atoms with Crippen molar-refractivity contribution in [1.29, 1.82) is 0 Å². The van der Waals surface area contributed by atoms with E-state index in [0.29, 0.717) is 16.8 Å². The molecule has 1 atom stereocenters. The van der Waals surface area contributed by atoms with Crippen LogP contribution in [-0.2, 0) is 16.1 Å². The number of ether oxygens (including phenoxy) is 1. The van der Waals surface area contributed by atoms with Gasteiger partial charge < -0.3 is 10.1 Å². The van der Waals surface area contributed by atoms with Gasteiger partial charge in [0.15, 0.2) is 22.1 Å². The van der Waals surface area contributed by atoms with Crippen LogP contribution in [0.3, 0.4) is 0 Å². The van der Waals surface area contributed by atoms with Crippen LogP contribution in [0.2, 0.25) is 0 Å². The van der Waals surface area contributed by atoms with Crippen LogP contribution in [0.5, 0.6) is 0 Å². The topological polar surface area (TPSA) is 93.2 Å². The number of anilines is 2. The van der Waals surface area contributed by atoms with Crippen LogP contribution in [-0.4, -0.2) is 27.9 Å². The second-order valence-electron chi connectivity index (χ2n) is 6.82. The second-order valence-corrected chi connectivity index (χ2v) is 8.53. The Bertz CT molecular complexity index is 1190. The number of hydrogen-bond donors (Lipinski definition) is 2. The van der Waals surface area contributed by atoms with E-state index in [0.717, 1.165) is 16.8 Å². The first kappa shape index (κ1) is 21.7. The number of hydrogen-bond acceptors (Lipinski definition) is 8. The number of rotatable bonds is 8. The summed E-state index contributed by atoms with van der Waals surface area (Å²) in [6, 6.07) is 19.6. The number of benzene rings is 2. The van der Waals surface area contributed by atoms with E-state index in [1.807, 2.05) is 66.0 Å². The van der Waals surface area contributed by atoms with Crippen LogP contribution in [0.1, 0.15) is 23.0 Å². The maximum Gasteiger partial charge on any atom is 0.358 e. The van der Waals surface area contributed by atoms with E-state index < -0.39 is 18.0 Å². The van der Waals surface area contributed by atoms with Crippen molar-refractivity contribution in [2.45, 2.75) is 19.6 Å². The number of nitrogens with zero attached hydrogens (tertiary/aromatic N) is 2. The largest absolute Gasteiger partial charge is 0.448 e. The van der Waals surface area contributed by atoms with Gasteiger partial charge in [-0.2, -0.15) is 0 Å². The van der Waals surface area contributed by atoms with E-state index in [4.69, 9.17) is 4.74 Å². The minimum Gasteiger partial charge on any atom is -0.448 e. The maximum atomic E-state index is 12.4. The molecule has 2 aromatic carbocycles. The predicted molar refractivity (Wildman–Crippen MR) is 127 cm³/mol. The zero-order valence-electron chi connectivity index (χ0n) is 17.1. The zero-order valence-corrected chi connectivity index (χ0v) is 18.8. The lowest BCUT2D eigenvalue weighted by molar-refractivity contribution is -0.123. The van der Waals surface area contributed by atoms with Gasteiger partial charge in [-0.25, -0.2) is 14.8 Å². The molecule has 4 aromatic rings. The fourth-order valence-electron chi connectivity index (χ4n) is 2.78. The van der Waals surface area contributed by atoms with Gasteiger partial charge in [-0.3, -0.25) is 10.1 Å². The summed E-state index contributed by atoms with van der Waals surface area (Å²) in [5.41, 5.74) is 3.00. The van der Waals surface area contributed by atoms with E-state index in [2.05, 4.69) is 20.6 Å². The number of carbonyl (C=O) groups excluding carboxylic acids is 2. The van der Waals surface area contributed by atoms with Crippen LogP contribution >= 0.6 is 22.7 Å². The van der Waals surface area contributed by atoms with Crippen LogP contribution in [0.25, 0.3) is 11.3 Å². The molecule has 0 saturated carbocycles. The molecule has 0 aliphatic rings. The summed E-state index contributed by atoms with van der Waals surface area (Å²) in [6.45, 7) is 2.11. The van der Waals surface area contributed by atoms with Crippen LogP contribution in [0, 0.1) is 0 Å². The highest BCUT2D eigenvalue weighted by Crippen LogP contribution is 2.25. The summed E-state index contributed by atoms with van der Waals surface area (Å²) in [5, 5.41) is 10.4. The number of nitrogens with one attached hydrogen (secondary N) is 2. The molecule has 1 amide bonds. The van der Waals surface area contributed by atoms with Crippen molar-refractivity contribution >= 4 is 44.8 Å². The predicted octanol–water partition coefficient (Wildman–Crippen LogP) is 5.06. The Balaban J connectivity index is 1.29. The highest BCUT2D eigenvalue weighted by molar-refractivity contribution is 7.14. The summed E-state index contributed by atoms with van der Waals surface area (Å²) >= 11 is 2.61. The lowest BCUT2D eigenvalue weighted by atomic mass is 10.2. The molecule has 4 rings (SSSR count). The highest BCUT2D eigenvalue weighted by Gasteiger charge is 2.22. The van der Waals surface area contributed by atoms with Crippen molar-refractivity contribution in [3.8, 4) is 11.3 Å². The second kappa shape index (κ2) is 10.2. The molecule has 9 heteroatoms. The summed E-state index contributed by atoms with van der Waals surface area (Å²) < 4.78 is 5.28. The van der Waals surface area contributed by atoms with Crippen molar-refractivity contribution in [1.82, 2.24) is 9.97 Å². The third-order valence-electron chi connectivity index (χ3n) is 4.46. The van der Waals surface area contributed by atoms with Gasteiger partial charge in [-0.15, -0.1) is 22.7 Å². The van der Waals surface area contributed by atoms with Crippen LogP contribution in [0.4, 0.5) is 10.3 Å². The Morgan fingerprint density at radius 1 is 0.938 bits per heavy atom. The van der Waals surface area contributed by atoms with E-state index >= 15 is 0 Å². The van der Waals surface area contributed by atoms with Crippen molar-refractivity contribution in [3.63, 3.8) is 0 Å². The van der Waals surface area contributed by atoms with Crippen molar-refractivity contribution in [2.24, 2.45) is 0 Å². The minimum absolute atomic E-state index is 0.158. The van der Waals surface area contributed by atoms with Gasteiger partial charge in [0.25, 0.3) is 5.91 Å². The van der Waals surface area contributed by atoms with E-state index in [1.54, 1.807) is 5.38 Å². The lowest BCUT2D eigenvalue weighted by Gasteiger charge is -2.11. The van der Waals surface area contributed by atoms with E-state index in [1.165, 1.54) is 29.6 Å². The third-order valence-corrected chi connectivity index (χ3v) is 6.01. The number of esters is 1. The van der Waals surface area contributed by atoms with Crippen LogP contribution < -0.4 is 10.6 Å². The molecule has 2 aromatic heterocycles. The molecule has 0 radical (unpaired) electrons. The first-order chi connectivity index (χ1) is 15.6.